The van der Waals surface area contributed by atoms with Gasteiger partial charge in [-0.1, -0.05) is 30.3 Å². The van der Waals surface area contributed by atoms with Crippen molar-refractivity contribution in [1.29, 1.82) is 0 Å². The van der Waals surface area contributed by atoms with E-state index in [1.54, 1.807) is 12.3 Å². The second kappa shape index (κ2) is 4.78. The summed E-state index contributed by atoms with van der Waals surface area (Å²) in [6, 6.07) is 11.4. The zero-order chi connectivity index (χ0) is 12.3. The molecule has 0 saturated heterocycles. The quantitative estimate of drug-likeness (QED) is 0.740. The Morgan fingerprint density at radius 3 is 2.53 bits per heavy atom. The van der Waals surface area contributed by atoms with E-state index in [-0.39, 0.29) is 5.97 Å². The lowest BCUT2D eigenvalue weighted by Crippen LogP contribution is -2.07. The van der Waals surface area contributed by atoms with Crippen LogP contribution in [0.15, 0.2) is 42.6 Å². The molecule has 0 aliphatic heterocycles. The van der Waals surface area contributed by atoms with Gasteiger partial charge in [-0.3, -0.25) is 4.98 Å². The molecule has 1 heterocycles. The van der Waals surface area contributed by atoms with E-state index in [1.165, 1.54) is 7.11 Å². The van der Waals surface area contributed by atoms with Crippen molar-refractivity contribution in [1.82, 2.24) is 4.98 Å². The highest BCUT2D eigenvalue weighted by molar-refractivity contribution is 5.97. The number of methoxy groups -OCH3 is 1. The lowest BCUT2D eigenvalue weighted by atomic mass is 10.0. The van der Waals surface area contributed by atoms with Gasteiger partial charge in [-0.25, -0.2) is 4.79 Å². The fourth-order valence-electron chi connectivity index (χ4n) is 1.73. The maximum atomic E-state index is 11.8. The van der Waals surface area contributed by atoms with Crippen LogP contribution in [0.2, 0.25) is 0 Å². The van der Waals surface area contributed by atoms with Crippen molar-refractivity contribution < 1.29 is 9.53 Å². The predicted octanol–water partition coefficient (Wildman–Crippen LogP) is 2.84. The number of carbonyl (C=O) groups is 1. The summed E-state index contributed by atoms with van der Waals surface area (Å²) in [5.74, 6) is -0.352. The molecule has 0 radical (unpaired) electrons. The predicted molar refractivity (Wildman–Crippen MR) is 65.7 cm³/mol. The largest absolute Gasteiger partial charge is 0.465 e. The summed E-state index contributed by atoms with van der Waals surface area (Å²) in [7, 11) is 1.38. The molecule has 0 saturated carbocycles. The van der Waals surface area contributed by atoms with Crippen LogP contribution in [0, 0.1) is 6.92 Å². The summed E-state index contributed by atoms with van der Waals surface area (Å²) < 4.78 is 4.80. The van der Waals surface area contributed by atoms with Crippen LogP contribution in [0.3, 0.4) is 0 Å². The van der Waals surface area contributed by atoms with Crippen LogP contribution >= 0.6 is 0 Å². The lowest BCUT2D eigenvalue weighted by Gasteiger charge is -2.09. The molecular weight excluding hydrogens is 214 g/mol. The first-order chi connectivity index (χ1) is 8.24. The number of esters is 1. The number of rotatable bonds is 2. The Bertz CT molecular complexity index is 535. The second-order valence-electron chi connectivity index (χ2n) is 3.71. The number of carbonyl (C=O) groups excluding carboxylic acids is 1. The summed E-state index contributed by atoms with van der Waals surface area (Å²) in [5, 5.41) is 0. The zero-order valence-electron chi connectivity index (χ0n) is 9.81. The Hall–Kier alpha value is -2.16. The molecule has 0 aliphatic rings. The van der Waals surface area contributed by atoms with E-state index in [9.17, 15) is 4.79 Å². The van der Waals surface area contributed by atoms with E-state index in [1.807, 2.05) is 37.3 Å². The number of pyridine rings is 1. The van der Waals surface area contributed by atoms with Gasteiger partial charge < -0.3 is 4.74 Å². The zero-order valence-corrected chi connectivity index (χ0v) is 9.81. The van der Waals surface area contributed by atoms with Crippen molar-refractivity contribution in [2.24, 2.45) is 0 Å². The molecule has 0 unspecified atom stereocenters. The SMILES string of the molecule is COC(=O)c1c(C)ccnc1-c1ccccc1. The van der Waals surface area contributed by atoms with Crippen molar-refractivity contribution in [2.75, 3.05) is 7.11 Å². The van der Waals surface area contributed by atoms with Gasteiger partial charge in [-0.2, -0.15) is 0 Å². The second-order valence-corrected chi connectivity index (χ2v) is 3.71. The minimum Gasteiger partial charge on any atom is -0.465 e. The minimum absolute atomic E-state index is 0.352. The number of hydrogen-bond acceptors (Lipinski definition) is 3. The average molecular weight is 227 g/mol. The summed E-state index contributed by atoms with van der Waals surface area (Å²) in [5.41, 5.74) is 2.97. The highest BCUT2D eigenvalue weighted by Gasteiger charge is 2.16. The Morgan fingerprint density at radius 2 is 1.88 bits per heavy atom. The van der Waals surface area contributed by atoms with E-state index in [2.05, 4.69) is 4.98 Å². The molecule has 0 atom stereocenters. The van der Waals surface area contributed by atoms with E-state index >= 15 is 0 Å². The van der Waals surface area contributed by atoms with Crippen molar-refractivity contribution >= 4 is 5.97 Å². The first kappa shape index (κ1) is 11.3. The van der Waals surface area contributed by atoms with Crippen molar-refractivity contribution in [3.8, 4) is 11.3 Å². The van der Waals surface area contributed by atoms with E-state index < -0.39 is 0 Å². The Balaban J connectivity index is 2.62. The maximum absolute atomic E-state index is 11.8. The van der Waals surface area contributed by atoms with Gasteiger partial charge in [-0.05, 0) is 18.6 Å². The maximum Gasteiger partial charge on any atom is 0.340 e. The van der Waals surface area contributed by atoms with Crippen LogP contribution in [0.5, 0.6) is 0 Å². The fraction of sp³-hybridized carbons (Fsp3) is 0.143. The molecule has 0 amide bonds. The van der Waals surface area contributed by atoms with Crippen LogP contribution in [0.25, 0.3) is 11.3 Å². The van der Waals surface area contributed by atoms with Crippen LogP contribution < -0.4 is 0 Å². The normalized spacial score (nSPS) is 10.0. The van der Waals surface area contributed by atoms with Crippen molar-refractivity contribution in [3.05, 3.63) is 53.7 Å². The highest BCUT2D eigenvalue weighted by atomic mass is 16.5. The number of hydrogen-bond donors (Lipinski definition) is 0. The molecule has 1 aromatic carbocycles. The summed E-state index contributed by atoms with van der Waals surface area (Å²) in [6.45, 7) is 1.88. The van der Waals surface area contributed by atoms with Gasteiger partial charge in [0.25, 0.3) is 0 Å². The molecule has 2 rings (SSSR count). The van der Waals surface area contributed by atoms with Gasteiger partial charge in [0.1, 0.15) is 0 Å². The molecule has 0 aliphatic carbocycles. The fourth-order valence-corrected chi connectivity index (χ4v) is 1.73. The Morgan fingerprint density at radius 1 is 1.18 bits per heavy atom. The highest BCUT2D eigenvalue weighted by Crippen LogP contribution is 2.23. The molecule has 86 valence electrons. The molecule has 0 bridgehead atoms. The Labute approximate surface area is 100 Å². The number of benzene rings is 1. The molecule has 1 aromatic heterocycles. The van der Waals surface area contributed by atoms with Gasteiger partial charge in [0, 0.05) is 11.8 Å². The molecular formula is C14H13NO2. The molecule has 2 aromatic rings. The van der Waals surface area contributed by atoms with Gasteiger partial charge in [0.05, 0.1) is 18.4 Å². The molecule has 3 nitrogen and oxygen atoms in total. The third-order valence-corrected chi connectivity index (χ3v) is 2.60. The average Bonchev–Trinajstić information content (AvgIpc) is 2.38. The van der Waals surface area contributed by atoms with E-state index in [4.69, 9.17) is 4.74 Å². The standard InChI is InChI=1S/C14H13NO2/c1-10-8-9-15-13(12(10)14(16)17-2)11-6-4-3-5-7-11/h3-9H,1-2H3. The van der Waals surface area contributed by atoms with Crippen molar-refractivity contribution in [2.45, 2.75) is 6.92 Å². The third kappa shape index (κ3) is 2.18. The molecule has 0 N–H and O–H groups in total. The monoisotopic (exact) mass is 227 g/mol. The summed E-state index contributed by atoms with van der Waals surface area (Å²) in [6.07, 6.45) is 1.70. The van der Waals surface area contributed by atoms with Crippen LogP contribution in [-0.2, 0) is 4.74 Å². The smallest absolute Gasteiger partial charge is 0.340 e. The van der Waals surface area contributed by atoms with Gasteiger partial charge >= 0.3 is 5.97 Å². The number of aryl methyl sites for hydroxylation is 1. The first-order valence-electron chi connectivity index (χ1n) is 5.33. The summed E-state index contributed by atoms with van der Waals surface area (Å²) >= 11 is 0. The van der Waals surface area contributed by atoms with Crippen molar-refractivity contribution in [3.63, 3.8) is 0 Å². The Kier molecular flexibility index (Phi) is 3.19. The molecule has 0 fully saturated rings. The van der Waals surface area contributed by atoms with Crippen LogP contribution in [0.1, 0.15) is 15.9 Å². The summed E-state index contributed by atoms with van der Waals surface area (Å²) in [4.78, 5) is 16.0. The van der Waals surface area contributed by atoms with Gasteiger partial charge in [-0.15, -0.1) is 0 Å². The lowest BCUT2D eigenvalue weighted by molar-refractivity contribution is 0.0600. The number of nitrogens with zero attached hydrogens (tertiary/aromatic N) is 1. The third-order valence-electron chi connectivity index (χ3n) is 2.60. The molecule has 0 spiro atoms. The van der Waals surface area contributed by atoms with Gasteiger partial charge in [0.15, 0.2) is 0 Å². The first-order valence-corrected chi connectivity index (χ1v) is 5.33. The molecule has 3 heteroatoms. The topological polar surface area (TPSA) is 39.2 Å². The minimum atomic E-state index is -0.352. The number of aromatic nitrogens is 1. The van der Waals surface area contributed by atoms with Crippen LogP contribution in [-0.4, -0.2) is 18.1 Å². The van der Waals surface area contributed by atoms with Gasteiger partial charge in [0.2, 0.25) is 0 Å². The van der Waals surface area contributed by atoms with E-state index in [0.29, 0.717) is 11.3 Å². The number of ether oxygens (including phenoxy) is 1. The van der Waals surface area contributed by atoms with Crippen LogP contribution in [0.4, 0.5) is 0 Å². The van der Waals surface area contributed by atoms with E-state index in [0.717, 1.165) is 11.1 Å². The molecule has 17 heavy (non-hydrogen) atoms.